The van der Waals surface area contributed by atoms with Crippen LogP contribution in [0.1, 0.15) is 11.1 Å². The lowest BCUT2D eigenvalue weighted by molar-refractivity contribution is -0.125. The summed E-state index contributed by atoms with van der Waals surface area (Å²) in [5, 5.41) is 2.81. The smallest absolute Gasteiger partial charge is 0.269 e. The zero-order chi connectivity index (χ0) is 23.9. The third-order valence-electron chi connectivity index (χ3n) is 5.86. The Morgan fingerprint density at radius 2 is 1.71 bits per heavy atom. The highest BCUT2D eigenvalue weighted by Gasteiger charge is 2.61. The maximum atomic E-state index is 14.0. The van der Waals surface area contributed by atoms with Crippen LogP contribution in [0.2, 0.25) is 0 Å². The van der Waals surface area contributed by atoms with Gasteiger partial charge < -0.3 is 5.32 Å². The molecule has 5 rings (SSSR count). The Kier molecular flexibility index (Phi) is 5.57. The van der Waals surface area contributed by atoms with Crippen LogP contribution in [-0.4, -0.2) is 30.0 Å². The van der Waals surface area contributed by atoms with Crippen molar-refractivity contribution >= 4 is 40.9 Å². The summed E-state index contributed by atoms with van der Waals surface area (Å²) in [5.74, 6) is -3.44. The molecule has 3 amide bonds. The summed E-state index contributed by atoms with van der Waals surface area (Å²) in [6, 6.07) is 19.4. The molecule has 1 saturated heterocycles. The fourth-order valence-corrected chi connectivity index (χ4v) is 5.69. The monoisotopic (exact) mass is 479 g/mol. The lowest BCUT2D eigenvalue weighted by Crippen LogP contribution is -2.51. The molecule has 0 radical (unpaired) electrons. The molecule has 34 heavy (non-hydrogen) atoms. The van der Waals surface area contributed by atoms with Crippen LogP contribution < -0.4 is 15.1 Å². The predicted molar refractivity (Wildman–Crippen MR) is 125 cm³/mol. The van der Waals surface area contributed by atoms with Gasteiger partial charge in [-0.25, -0.2) is 8.78 Å². The van der Waals surface area contributed by atoms with E-state index in [0.717, 1.165) is 29.5 Å². The lowest BCUT2D eigenvalue weighted by Gasteiger charge is -2.33. The summed E-state index contributed by atoms with van der Waals surface area (Å²) in [4.78, 5) is 40.6. The Hall–Kier alpha value is -3.72. The number of hydrogen-bond donors (Lipinski definition) is 1. The van der Waals surface area contributed by atoms with E-state index in [0.29, 0.717) is 17.8 Å². The second-order valence-corrected chi connectivity index (χ2v) is 9.10. The second kappa shape index (κ2) is 8.57. The van der Waals surface area contributed by atoms with Crippen LogP contribution >= 0.6 is 11.8 Å². The van der Waals surface area contributed by atoms with Crippen molar-refractivity contribution in [1.82, 2.24) is 5.32 Å². The van der Waals surface area contributed by atoms with E-state index in [1.807, 2.05) is 30.3 Å². The van der Waals surface area contributed by atoms with Crippen molar-refractivity contribution in [1.29, 1.82) is 0 Å². The van der Waals surface area contributed by atoms with Crippen molar-refractivity contribution in [2.75, 3.05) is 22.1 Å². The van der Waals surface area contributed by atoms with Crippen LogP contribution in [0.15, 0.2) is 72.8 Å². The molecule has 0 unspecified atom stereocenters. The van der Waals surface area contributed by atoms with E-state index >= 15 is 0 Å². The molecule has 6 nitrogen and oxygen atoms in total. The average molecular weight is 480 g/mol. The first-order valence-corrected chi connectivity index (χ1v) is 11.5. The molecule has 2 aliphatic rings. The summed E-state index contributed by atoms with van der Waals surface area (Å²) in [6.45, 7) is 0.0630. The molecule has 0 saturated carbocycles. The van der Waals surface area contributed by atoms with E-state index < -0.39 is 28.3 Å². The fraction of sp³-hybridized carbons (Fsp3) is 0.160. The van der Waals surface area contributed by atoms with Gasteiger partial charge in [0.05, 0.1) is 11.4 Å². The van der Waals surface area contributed by atoms with Crippen LogP contribution in [-0.2, 0) is 25.8 Å². The molecule has 3 aromatic rings. The summed E-state index contributed by atoms with van der Waals surface area (Å²) >= 11 is 1.10. The van der Waals surface area contributed by atoms with Crippen molar-refractivity contribution < 1.29 is 23.2 Å². The number of hydrogen-bond acceptors (Lipinski definition) is 4. The lowest BCUT2D eigenvalue weighted by atomic mass is 10.0. The van der Waals surface area contributed by atoms with Crippen molar-refractivity contribution in [2.24, 2.45) is 0 Å². The topological polar surface area (TPSA) is 69.7 Å². The predicted octanol–water partition coefficient (Wildman–Crippen LogP) is 3.56. The number of halogens is 2. The van der Waals surface area contributed by atoms with E-state index in [9.17, 15) is 23.2 Å². The fourth-order valence-electron chi connectivity index (χ4n) is 4.33. The third-order valence-corrected chi connectivity index (χ3v) is 7.25. The van der Waals surface area contributed by atoms with E-state index in [2.05, 4.69) is 5.32 Å². The molecule has 0 aliphatic carbocycles. The van der Waals surface area contributed by atoms with E-state index in [-0.39, 0.29) is 23.9 Å². The summed E-state index contributed by atoms with van der Waals surface area (Å²) in [6.07, 6.45) is 0. The maximum absolute atomic E-state index is 14.0. The number of fused-ring (bicyclic) bond motifs is 2. The van der Waals surface area contributed by atoms with Gasteiger partial charge in [-0.05, 0) is 23.8 Å². The van der Waals surface area contributed by atoms with Gasteiger partial charge in [0.2, 0.25) is 16.7 Å². The quantitative estimate of drug-likeness (QED) is 0.608. The summed E-state index contributed by atoms with van der Waals surface area (Å²) < 4.78 is 27.6. The summed E-state index contributed by atoms with van der Waals surface area (Å²) in [7, 11) is 0. The van der Waals surface area contributed by atoms with Crippen molar-refractivity contribution in [3.05, 3.63) is 95.6 Å². The molecule has 9 heteroatoms. The second-order valence-electron chi connectivity index (χ2n) is 7.93. The number of carbonyl (C=O) groups excluding carboxylic acids is 3. The molecule has 2 aliphatic heterocycles. The number of amides is 3. The average Bonchev–Trinajstić information content (AvgIpc) is 3.31. The van der Waals surface area contributed by atoms with Gasteiger partial charge in [0, 0.05) is 23.9 Å². The van der Waals surface area contributed by atoms with Crippen LogP contribution in [0, 0.1) is 11.6 Å². The number of nitrogens with one attached hydrogen (secondary N) is 1. The molecule has 0 aromatic heterocycles. The first-order valence-electron chi connectivity index (χ1n) is 10.6. The number of carbonyl (C=O) groups is 3. The highest BCUT2D eigenvalue weighted by Crippen LogP contribution is 2.55. The zero-order valence-corrected chi connectivity index (χ0v) is 18.6. The van der Waals surface area contributed by atoms with E-state index in [4.69, 9.17) is 0 Å². The van der Waals surface area contributed by atoms with Crippen molar-refractivity contribution in [3.63, 3.8) is 0 Å². The summed E-state index contributed by atoms with van der Waals surface area (Å²) in [5.41, 5.74) is 2.02. The Morgan fingerprint density at radius 1 is 0.971 bits per heavy atom. The minimum absolute atomic E-state index is 0.0207. The Labute approximate surface area is 198 Å². The van der Waals surface area contributed by atoms with Crippen molar-refractivity contribution in [2.45, 2.75) is 11.4 Å². The minimum atomic E-state index is -1.50. The number of nitrogens with zero attached hydrogens (tertiary/aromatic N) is 2. The van der Waals surface area contributed by atoms with Gasteiger partial charge in [-0.15, -0.1) is 11.8 Å². The van der Waals surface area contributed by atoms with E-state index in [1.165, 1.54) is 15.9 Å². The number of anilines is 2. The molecule has 1 N–H and O–H groups in total. The van der Waals surface area contributed by atoms with Gasteiger partial charge in [0.15, 0.2) is 11.6 Å². The molecule has 1 spiro atoms. The molecule has 3 aromatic carbocycles. The molecular formula is C25H19F2N3O3S. The Bertz CT molecular complexity index is 1300. The number of rotatable bonds is 5. The Morgan fingerprint density at radius 3 is 2.47 bits per heavy atom. The van der Waals surface area contributed by atoms with Gasteiger partial charge in [-0.3, -0.25) is 24.2 Å². The van der Waals surface area contributed by atoms with Crippen LogP contribution in [0.3, 0.4) is 0 Å². The molecule has 0 bridgehead atoms. The van der Waals surface area contributed by atoms with Crippen LogP contribution in [0.5, 0.6) is 0 Å². The first kappa shape index (κ1) is 22.1. The third kappa shape index (κ3) is 3.52. The Balaban J connectivity index is 1.48. The molecule has 1 fully saturated rings. The largest absolute Gasteiger partial charge is 0.350 e. The van der Waals surface area contributed by atoms with Crippen molar-refractivity contribution in [3.8, 4) is 0 Å². The number of benzene rings is 3. The number of para-hydroxylation sites is 1. The van der Waals surface area contributed by atoms with Gasteiger partial charge in [-0.2, -0.15) is 0 Å². The molecule has 172 valence electrons. The standard InChI is InChI=1S/C25H19F2N3O3S/c26-19-11-10-17(12-20(19)27)30-23(32)15-34-25(30)18-8-4-5-9-21(18)29(24(25)33)14-22(31)28-13-16-6-2-1-3-7-16/h1-12H,13-15H2,(H,28,31)/t25-/m0/s1. The normalized spacial score (nSPS) is 19.1. The maximum Gasteiger partial charge on any atom is 0.269 e. The SMILES string of the molecule is O=C(CN1C(=O)[C@@]2(SCC(=O)N2c2ccc(F)c(F)c2)c2ccccc21)NCc1ccccc1. The van der Waals surface area contributed by atoms with E-state index in [1.54, 1.807) is 24.3 Å². The van der Waals surface area contributed by atoms with Gasteiger partial charge >= 0.3 is 0 Å². The van der Waals surface area contributed by atoms with Gasteiger partial charge in [-0.1, -0.05) is 48.5 Å². The van der Waals surface area contributed by atoms with Gasteiger partial charge in [0.1, 0.15) is 6.54 Å². The molecule has 1 atom stereocenters. The van der Waals surface area contributed by atoms with Crippen LogP contribution in [0.25, 0.3) is 0 Å². The molecule has 2 heterocycles. The number of thioether (sulfide) groups is 1. The minimum Gasteiger partial charge on any atom is -0.350 e. The highest BCUT2D eigenvalue weighted by molar-refractivity contribution is 8.02. The highest BCUT2D eigenvalue weighted by atomic mass is 32.2. The first-order chi connectivity index (χ1) is 16.4. The van der Waals surface area contributed by atoms with Gasteiger partial charge in [0.25, 0.3) is 5.91 Å². The molecular weight excluding hydrogens is 460 g/mol. The zero-order valence-electron chi connectivity index (χ0n) is 17.8. The van der Waals surface area contributed by atoms with Crippen LogP contribution in [0.4, 0.5) is 20.2 Å².